The minimum absolute atomic E-state index is 0. The van der Waals surface area contributed by atoms with Crippen molar-refractivity contribution in [2.45, 2.75) is 0 Å². The number of nitrogens with zero attached hydrogens (tertiary/aromatic N) is 1. The minimum atomic E-state index is 0. The second-order valence-corrected chi connectivity index (χ2v) is 0. The fourth-order valence-electron chi connectivity index (χ4n) is 0. The van der Waals surface area contributed by atoms with E-state index in [0.717, 1.165) is 0 Å². The molecule has 0 saturated heterocycles. The van der Waals surface area contributed by atoms with E-state index in [1.165, 1.54) is 0 Å². The molecule has 0 aliphatic rings. The number of nitroso groups, excluding NO2 is 1. The van der Waals surface area contributed by atoms with Gasteiger partial charge < -0.3 is 15.3 Å². The molecule has 0 heterocycles. The Labute approximate surface area is 39.7 Å². The molecule has 0 atom stereocenters. The van der Waals surface area contributed by atoms with E-state index in [-0.39, 0.29) is 16.8 Å². The summed E-state index contributed by atoms with van der Waals surface area (Å²) in [7, 11) is 0. The second kappa shape index (κ2) is 583. The topological polar surface area (TPSA) is 56.4 Å². The van der Waals surface area contributed by atoms with E-state index in [4.69, 9.17) is 15.3 Å². The third-order valence-corrected chi connectivity index (χ3v) is 0. The van der Waals surface area contributed by atoms with Crippen LogP contribution in [0, 0.1) is 4.91 Å². The van der Waals surface area contributed by atoms with E-state index in [1.54, 1.807) is 0 Å². The summed E-state index contributed by atoms with van der Waals surface area (Å²) in [5.41, 5.74) is 5.75. The van der Waals surface area contributed by atoms with E-state index >= 15 is 0 Å². The first-order valence-electron chi connectivity index (χ1n) is 0.471. The fraction of sp³-hybridized carbons (Fsp3) is 0. The summed E-state index contributed by atoms with van der Waals surface area (Å²) in [4.78, 5) is 15.2. The van der Waals surface area contributed by atoms with Crippen molar-refractivity contribution in [1.82, 2.24) is 0 Å². The zero-order valence-electron chi connectivity index (χ0n) is 2.30. The third kappa shape index (κ3) is 239. The van der Waals surface area contributed by atoms with Gasteiger partial charge in [-0.1, -0.05) is 0 Å². The molecule has 0 fully saturated rings. The Morgan fingerprint density at radius 2 is 1.20 bits per heavy atom. The van der Waals surface area contributed by atoms with Crippen LogP contribution in [0.4, 0.5) is 0 Å². The third-order valence-electron chi connectivity index (χ3n) is 0. The number of hydrogen-bond donors (Lipinski definition) is 0. The summed E-state index contributed by atoms with van der Waals surface area (Å²) in [6.45, 7) is 2.00. The van der Waals surface area contributed by atoms with Crippen molar-refractivity contribution in [3.63, 3.8) is 0 Å². The molecule has 0 saturated carbocycles. The van der Waals surface area contributed by atoms with E-state index in [1.807, 2.05) is 6.79 Å². The van der Waals surface area contributed by atoms with Crippen molar-refractivity contribution in [3.8, 4) is 0 Å². The van der Waals surface area contributed by atoms with Crippen molar-refractivity contribution in [1.29, 1.82) is 0 Å². The Bertz CT molecular complexity index is 11.6. The van der Waals surface area contributed by atoms with E-state index in [0.29, 0.717) is 0 Å². The van der Waals surface area contributed by atoms with Gasteiger partial charge in [-0.2, -0.15) is 0 Å². The van der Waals surface area contributed by atoms with Gasteiger partial charge >= 0.3 is 0 Å². The number of carbonyl (C=O) groups excluding carboxylic acids is 1. The Kier molecular flexibility index (Phi) is 2520. The Morgan fingerprint density at radius 3 is 1.20 bits per heavy atom. The molecule has 0 amide bonds. The van der Waals surface area contributed by atoms with Crippen LogP contribution in [0.1, 0.15) is 0 Å². The number of rotatable bonds is 0. The van der Waals surface area contributed by atoms with Crippen LogP contribution < -0.4 is 0 Å². The average Bonchev–Trinajstić information content (AvgIpc) is 1.50. The Morgan fingerprint density at radius 1 is 1.20 bits per heavy atom. The van der Waals surface area contributed by atoms with E-state index < -0.39 is 0 Å². The van der Waals surface area contributed by atoms with Crippen LogP contribution >= 0.6 is 0 Å². The van der Waals surface area contributed by atoms with Gasteiger partial charge in [-0.05, 0) is 0 Å². The molecule has 0 aromatic rings. The summed E-state index contributed by atoms with van der Waals surface area (Å²) in [5.74, 6) is 0. The van der Waals surface area contributed by atoms with Crippen molar-refractivity contribution in [2.75, 3.05) is 0 Å². The van der Waals surface area contributed by atoms with Crippen LogP contribution in [0.25, 0.3) is 5.59 Å². The van der Waals surface area contributed by atoms with Gasteiger partial charge in [-0.15, -0.1) is 0 Å². The summed E-state index contributed by atoms with van der Waals surface area (Å²) >= 11 is 0. The van der Waals surface area contributed by atoms with Crippen LogP contribution in [-0.4, -0.2) is 6.79 Å². The number of carbonyl (C=O) groups is 1. The summed E-state index contributed by atoms with van der Waals surface area (Å²) in [6, 6.07) is 0. The predicted molar refractivity (Wildman–Crippen MR) is 13.8 cm³/mol. The molecule has 0 aliphatic heterocycles. The maximum absolute atomic E-state index is 8.00. The molecule has 0 aromatic heterocycles. The first-order valence-corrected chi connectivity index (χ1v) is 0.471. The largest absolute Gasteiger partial charge is 0.577 e. The fourth-order valence-corrected chi connectivity index (χ4v) is 0. The molecular formula is CH2CoNO2-. The van der Waals surface area contributed by atoms with Gasteiger partial charge in [0.15, 0.2) is 0 Å². The van der Waals surface area contributed by atoms with Crippen LogP contribution in [0.3, 0.4) is 0 Å². The molecule has 5 heavy (non-hydrogen) atoms. The molecular weight excluding hydrogens is 117 g/mol. The van der Waals surface area contributed by atoms with Gasteiger partial charge in [0.2, 0.25) is 0 Å². The molecule has 3 nitrogen and oxygen atoms in total. The first kappa shape index (κ1) is 21.6. The maximum atomic E-state index is 8.00. The summed E-state index contributed by atoms with van der Waals surface area (Å²) in [6.07, 6.45) is 0. The normalized spacial score (nSPS) is 1.60. The monoisotopic (exact) mass is 119 g/mol. The quantitative estimate of drug-likeness (QED) is 0.455. The molecule has 0 aromatic carbocycles. The summed E-state index contributed by atoms with van der Waals surface area (Å²) < 4.78 is 0. The first-order chi connectivity index (χ1) is 2.00. The van der Waals surface area contributed by atoms with Gasteiger partial charge in [0.25, 0.3) is 0 Å². The van der Waals surface area contributed by atoms with E-state index in [9.17, 15) is 0 Å². The zero-order valence-corrected chi connectivity index (χ0v) is 3.35. The Balaban J connectivity index is -0.0000000133. The molecule has 33 valence electrons. The van der Waals surface area contributed by atoms with Crippen molar-refractivity contribution >= 4 is 6.79 Å². The maximum Gasteiger partial charge on any atom is 0.106 e. The zero-order chi connectivity index (χ0) is 4.00. The van der Waals surface area contributed by atoms with Gasteiger partial charge in [0.05, 0.1) is 0 Å². The van der Waals surface area contributed by atoms with Gasteiger partial charge in [0, 0.05) is 16.8 Å². The van der Waals surface area contributed by atoms with Crippen LogP contribution in [-0.2, 0) is 21.6 Å². The van der Waals surface area contributed by atoms with Crippen molar-refractivity contribution in [2.24, 2.45) is 0 Å². The molecule has 1 radical (unpaired) electrons. The second-order valence-electron chi connectivity index (χ2n) is 0. The van der Waals surface area contributed by atoms with Crippen LogP contribution in [0.15, 0.2) is 0 Å². The van der Waals surface area contributed by atoms with Crippen molar-refractivity contribution < 1.29 is 21.6 Å². The smallest absolute Gasteiger partial charge is 0.106 e. The van der Waals surface area contributed by atoms with Gasteiger partial charge in [-0.25, -0.2) is 0 Å². The molecule has 0 bridgehead atoms. The minimum Gasteiger partial charge on any atom is -0.577 e. The number of hydrogen-bond acceptors (Lipinski definition) is 2. The predicted octanol–water partition coefficient (Wildman–Crippen LogP) is 0.135. The standard InChI is InChI=1S/CH2O.Co.NO/c1-2;;1-2/h1H2;;/q;;-1. The van der Waals surface area contributed by atoms with Crippen LogP contribution in [0.5, 0.6) is 0 Å². The SMILES string of the molecule is C=O.[Co].[N-]=O. The summed E-state index contributed by atoms with van der Waals surface area (Å²) in [5, 5.41) is 0. The van der Waals surface area contributed by atoms with Gasteiger partial charge in [0.1, 0.15) is 6.79 Å². The van der Waals surface area contributed by atoms with Gasteiger partial charge in [-0.3, -0.25) is 0 Å². The molecule has 0 unspecified atom stereocenters. The van der Waals surface area contributed by atoms with Crippen LogP contribution in [0.2, 0.25) is 0 Å². The molecule has 0 aliphatic carbocycles. The van der Waals surface area contributed by atoms with Crippen molar-refractivity contribution in [3.05, 3.63) is 10.5 Å². The average molecular weight is 119 g/mol. The van der Waals surface area contributed by atoms with E-state index in [2.05, 4.69) is 0 Å². The Hall–Kier alpha value is -0.224. The molecule has 0 rings (SSSR count). The molecule has 4 heteroatoms. The molecule has 0 spiro atoms. The molecule has 0 N–H and O–H groups in total.